The van der Waals surface area contributed by atoms with Gasteiger partial charge in [0.05, 0.1) is 11.0 Å². The third kappa shape index (κ3) is 4.62. The smallest absolute Gasteiger partial charge is 0.157 e. The van der Waals surface area contributed by atoms with Gasteiger partial charge in [-0.3, -0.25) is 0 Å². The molecule has 0 aliphatic rings. The molecule has 27 heavy (non-hydrogen) atoms. The predicted molar refractivity (Wildman–Crippen MR) is 123 cm³/mol. The zero-order valence-electron chi connectivity index (χ0n) is 17.4. The van der Waals surface area contributed by atoms with Crippen molar-refractivity contribution in [3.8, 4) is 0 Å². The second-order valence-electron chi connectivity index (χ2n) is 5.24. The number of nitrogens with one attached hydrogen (secondary N) is 1. The van der Waals surface area contributed by atoms with Gasteiger partial charge in [-0.25, -0.2) is 9.97 Å². The normalized spacial score (nSPS) is 11.9. The Kier molecular flexibility index (Phi) is 8.94. The van der Waals surface area contributed by atoms with E-state index in [4.69, 9.17) is 9.97 Å². The molecule has 0 unspecified atom stereocenters. The highest BCUT2D eigenvalue weighted by atomic mass is 14.9. The van der Waals surface area contributed by atoms with Crippen LogP contribution in [0.4, 0.5) is 0 Å². The first kappa shape index (κ1) is 22.1. The lowest BCUT2D eigenvalue weighted by Gasteiger charge is -1.99. The molecule has 3 heteroatoms. The molecule has 1 aromatic carbocycles. The van der Waals surface area contributed by atoms with Gasteiger partial charge in [-0.15, -0.1) is 0 Å². The highest BCUT2D eigenvalue weighted by molar-refractivity contribution is 5.93. The molecule has 0 radical (unpaired) electrons. The predicted octanol–water partition coefficient (Wildman–Crippen LogP) is 5.61. The van der Waals surface area contributed by atoms with Crippen LogP contribution in [0, 0.1) is 0 Å². The van der Waals surface area contributed by atoms with E-state index in [1.165, 1.54) is 0 Å². The van der Waals surface area contributed by atoms with Gasteiger partial charge in [0.25, 0.3) is 0 Å². The molecule has 3 rings (SSSR count). The Morgan fingerprint density at radius 1 is 0.926 bits per heavy atom. The topological polar surface area (TPSA) is 41.6 Å². The first-order valence-electron chi connectivity index (χ1n) is 9.59. The highest BCUT2D eigenvalue weighted by Crippen LogP contribution is 2.23. The van der Waals surface area contributed by atoms with Crippen LogP contribution in [-0.4, -0.2) is 15.0 Å². The van der Waals surface area contributed by atoms with Crippen molar-refractivity contribution in [2.24, 2.45) is 0 Å². The quantitative estimate of drug-likeness (QED) is 0.659. The minimum atomic E-state index is 0.776. The number of nitrogens with zero attached hydrogens (tertiary/aromatic N) is 2. The molecule has 3 aromatic rings. The summed E-state index contributed by atoms with van der Waals surface area (Å²) >= 11 is 0. The summed E-state index contributed by atoms with van der Waals surface area (Å²) in [4.78, 5) is 12.9. The van der Waals surface area contributed by atoms with Gasteiger partial charge in [0, 0.05) is 11.3 Å². The van der Waals surface area contributed by atoms with Crippen LogP contribution in [0.15, 0.2) is 37.4 Å². The molecule has 0 aliphatic carbocycles. The van der Waals surface area contributed by atoms with Crippen molar-refractivity contribution in [1.29, 1.82) is 0 Å². The third-order valence-corrected chi connectivity index (χ3v) is 3.81. The maximum absolute atomic E-state index is 4.82. The molecule has 2 aromatic heterocycles. The summed E-state index contributed by atoms with van der Waals surface area (Å²) in [5, 5.41) is 2.21. The average molecular weight is 362 g/mol. The van der Waals surface area contributed by atoms with Crippen LogP contribution < -0.4 is 10.4 Å². The highest BCUT2D eigenvalue weighted by Gasteiger charge is 2.11. The van der Waals surface area contributed by atoms with Gasteiger partial charge in [-0.1, -0.05) is 71.2 Å². The van der Waals surface area contributed by atoms with Crippen molar-refractivity contribution in [3.63, 3.8) is 0 Å². The second-order valence-corrected chi connectivity index (χ2v) is 5.24. The van der Waals surface area contributed by atoms with Crippen molar-refractivity contribution in [2.75, 3.05) is 0 Å². The molecule has 0 atom stereocenters. The molecular formula is C24H31N3. The van der Waals surface area contributed by atoms with E-state index < -0.39 is 0 Å². The number of allylic oxidation sites excluding steroid dienone is 2. The Hall–Kier alpha value is -2.94. The van der Waals surface area contributed by atoms with Crippen LogP contribution >= 0.6 is 0 Å². The first-order chi connectivity index (χ1) is 13.2. The van der Waals surface area contributed by atoms with Crippen molar-refractivity contribution >= 4 is 46.5 Å². The minimum Gasteiger partial charge on any atom is -0.338 e. The fraction of sp³-hybridized carbons (Fsp3) is 0.250. The van der Waals surface area contributed by atoms with Crippen LogP contribution in [0.2, 0.25) is 0 Å². The van der Waals surface area contributed by atoms with Crippen molar-refractivity contribution < 1.29 is 0 Å². The lowest BCUT2D eigenvalue weighted by molar-refractivity contribution is 1.32. The SMILES string of the molecule is C=C/C=c1/cc2nc3[nH]c(C=C)c(/C=C\C)c3nc2c/c1=C/C.CC.CC. The van der Waals surface area contributed by atoms with Gasteiger partial charge in [-0.2, -0.15) is 0 Å². The van der Waals surface area contributed by atoms with Gasteiger partial charge in [0.2, 0.25) is 0 Å². The fourth-order valence-corrected chi connectivity index (χ4v) is 2.75. The van der Waals surface area contributed by atoms with E-state index in [1.54, 1.807) is 12.2 Å². The van der Waals surface area contributed by atoms with Gasteiger partial charge in [0.1, 0.15) is 5.52 Å². The van der Waals surface area contributed by atoms with E-state index in [2.05, 4.69) is 30.3 Å². The maximum Gasteiger partial charge on any atom is 0.157 e. The fourth-order valence-electron chi connectivity index (χ4n) is 2.75. The Morgan fingerprint density at radius 2 is 1.56 bits per heavy atom. The number of rotatable bonds is 3. The lowest BCUT2D eigenvalue weighted by Crippen LogP contribution is -2.24. The molecule has 142 valence electrons. The largest absolute Gasteiger partial charge is 0.338 e. The third-order valence-electron chi connectivity index (χ3n) is 3.81. The summed E-state index contributed by atoms with van der Waals surface area (Å²) in [5.74, 6) is 0. The second kappa shape index (κ2) is 10.9. The lowest BCUT2D eigenvalue weighted by atomic mass is 10.1. The number of benzene rings is 1. The Balaban J connectivity index is 0.000000855. The zero-order chi connectivity index (χ0) is 20.4. The Labute approximate surface area is 162 Å². The molecule has 0 fully saturated rings. The first-order valence-corrected chi connectivity index (χ1v) is 9.59. The van der Waals surface area contributed by atoms with E-state index in [-0.39, 0.29) is 0 Å². The zero-order valence-corrected chi connectivity index (χ0v) is 17.4. The molecule has 0 amide bonds. The van der Waals surface area contributed by atoms with Crippen LogP contribution in [-0.2, 0) is 0 Å². The van der Waals surface area contributed by atoms with Gasteiger partial charge >= 0.3 is 0 Å². The molecule has 0 aliphatic heterocycles. The van der Waals surface area contributed by atoms with Gasteiger partial charge < -0.3 is 4.98 Å². The van der Waals surface area contributed by atoms with Gasteiger partial charge in [0.15, 0.2) is 5.65 Å². The molecule has 0 saturated carbocycles. The van der Waals surface area contributed by atoms with Crippen molar-refractivity contribution in [1.82, 2.24) is 15.0 Å². The van der Waals surface area contributed by atoms with E-state index in [0.29, 0.717) is 0 Å². The summed E-state index contributed by atoms with van der Waals surface area (Å²) in [5.41, 5.74) is 5.35. The average Bonchev–Trinajstić information content (AvgIpc) is 3.06. The molecular weight excluding hydrogens is 330 g/mol. The molecule has 1 N–H and O–H groups in total. The van der Waals surface area contributed by atoms with Crippen LogP contribution in [0.5, 0.6) is 0 Å². The summed E-state index contributed by atoms with van der Waals surface area (Å²) < 4.78 is 0. The number of hydrogen-bond donors (Lipinski definition) is 1. The van der Waals surface area contributed by atoms with Crippen LogP contribution in [0.1, 0.15) is 52.8 Å². The van der Waals surface area contributed by atoms with Crippen molar-refractivity contribution in [2.45, 2.75) is 41.5 Å². The molecule has 3 nitrogen and oxygen atoms in total. The number of hydrogen-bond acceptors (Lipinski definition) is 2. The maximum atomic E-state index is 4.82. The molecule has 2 heterocycles. The van der Waals surface area contributed by atoms with Crippen LogP contribution in [0.3, 0.4) is 0 Å². The van der Waals surface area contributed by atoms with E-state index in [1.807, 2.05) is 65.8 Å². The molecule has 0 saturated heterocycles. The van der Waals surface area contributed by atoms with Gasteiger partial charge in [-0.05, 0) is 42.5 Å². The van der Waals surface area contributed by atoms with Crippen LogP contribution in [0.25, 0.3) is 46.5 Å². The van der Waals surface area contributed by atoms with Crippen molar-refractivity contribution in [3.05, 3.63) is 59.1 Å². The summed E-state index contributed by atoms with van der Waals surface area (Å²) in [7, 11) is 0. The summed E-state index contributed by atoms with van der Waals surface area (Å²) in [6.07, 6.45) is 11.7. The number of H-pyrrole nitrogens is 1. The number of fused-ring (bicyclic) bond motifs is 2. The molecule has 0 bridgehead atoms. The number of aromatic amines is 1. The van der Waals surface area contributed by atoms with E-state index in [0.717, 1.165) is 43.9 Å². The van der Waals surface area contributed by atoms with E-state index in [9.17, 15) is 0 Å². The Morgan fingerprint density at radius 3 is 2.11 bits per heavy atom. The summed E-state index contributed by atoms with van der Waals surface area (Å²) in [6, 6.07) is 4.11. The monoisotopic (exact) mass is 361 g/mol. The number of aromatic nitrogens is 3. The minimum absolute atomic E-state index is 0.776. The standard InChI is InChI=1S/C20H19N3.2C2H6/c1-5-9-14-12-18-17(11-13(14)7-3)21-19-15(10-6-2)16(8-4)22-20(19)23-18;2*1-2/h5-12H,1,4H2,2-3H3,(H,22,23);2*1-2H3/b10-6-,13-7-,14-9-;;. The summed E-state index contributed by atoms with van der Waals surface area (Å²) in [6.45, 7) is 19.6. The Bertz CT molecular complexity index is 1070. The molecule has 0 spiro atoms. The van der Waals surface area contributed by atoms with E-state index >= 15 is 0 Å².